The summed E-state index contributed by atoms with van der Waals surface area (Å²) < 4.78 is 0.986. The van der Waals surface area contributed by atoms with Crippen LogP contribution in [0.2, 0.25) is 5.02 Å². The van der Waals surface area contributed by atoms with Crippen LogP contribution in [-0.4, -0.2) is 11.8 Å². The van der Waals surface area contributed by atoms with Crippen molar-refractivity contribution in [3.05, 3.63) is 64.0 Å². The largest absolute Gasteiger partial charge is 0.347 e. The highest BCUT2D eigenvalue weighted by atomic mass is 35.5. The molecule has 0 aliphatic heterocycles. The fraction of sp³-hybridized carbons (Fsp3) is 0.111. The van der Waals surface area contributed by atoms with E-state index in [1.54, 1.807) is 6.07 Å². The molecular formula is C18H15ClN2O2S. The molecule has 0 radical (unpaired) electrons. The van der Waals surface area contributed by atoms with Crippen molar-refractivity contribution in [3.8, 4) is 0 Å². The quantitative estimate of drug-likeness (QED) is 0.724. The average molecular weight is 359 g/mol. The molecule has 3 rings (SSSR count). The van der Waals surface area contributed by atoms with Gasteiger partial charge in [-0.1, -0.05) is 41.9 Å². The Bertz CT molecular complexity index is 920. The predicted molar refractivity (Wildman–Crippen MR) is 98.8 cm³/mol. The molecule has 4 nitrogen and oxygen atoms in total. The second-order valence-corrected chi connectivity index (χ2v) is 6.74. The number of rotatable bonds is 4. The number of halogens is 1. The van der Waals surface area contributed by atoms with Crippen LogP contribution in [0.15, 0.2) is 48.5 Å². The Labute approximate surface area is 148 Å². The van der Waals surface area contributed by atoms with Crippen LogP contribution in [0.3, 0.4) is 0 Å². The van der Waals surface area contributed by atoms with Gasteiger partial charge in [0.15, 0.2) is 0 Å². The first kappa shape index (κ1) is 16.5. The van der Waals surface area contributed by atoms with Crippen LogP contribution in [0.5, 0.6) is 0 Å². The van der Waals surface area contributed by atoms with Crippen molar-refractivity contribution in [1.29, 1.82) is 0 Å². The van der Waals surface area contributed by atoms with Crippen molar-refractivity contribution in [3.63, 3.8) is 0 Å². The molecule has 0 aliphatic rings. The number of hydrogen-bond acceptors (Lipinski definition) is 3. The van der Waals surface area contributed by atoms with Crippen molar-refractivity contribution in [2.45, 2.75) is 13.5 Å². The van der Waals surface area contributed by atoms with Crippen LogP contribution in [0.1, 0.15) is 22.2 Å². The number of nitrogens with one attached hydrogen (secondary N) is 2. The summed E-state index contributed by atoms with van der Waals surface area (Å²) in [6, 6.07) is 15.0. The molecule has 122 valence electrons. The normalized spacial score (nSPS) is 10.6. The summed E-state index contributed by atoms with van der Waals surface area (Å²) in [4.78, 5) is 24.0. The Morgan fingerprint density at radius 1 is 1.12 bits per heavy atom. The van der Waals surface area contributed by atoms with Gasteiger partial charge in [-0.3, -0.25) is 9.59 Å². The predicted octanol–water partition coefficient (Wildman–Crippen LogP) is 4.44. The number of hydrogen-bond donors (Lipinski definition) is 2. The molecule has 0 fully saturated rings. The van der Waals surface area contributed by atoms with E-state index < -0.39 is 0 Å². The minimum absolute atomic E-state index is 0.131. The molecule has 1 heterocycles. The molecule has 3 aromatic rings. The Morgan fingerprint density at radius 3 is 2.67 bits per heavy atom. The van der Waals surface area contributed by atoms with Gasteiger partial charge in [-0.15, -0.1) is 11.3 Å². The van der Waals surface area contributed by atoms with E-state index in [-0.39, 0.29) is 11.8 Å². The van der Waals surface area contributed by atoms with Gasteiger partial charge in [-0.05, 0) is 23.8 Å². The van der Waals surface area contributed by atoms with Crippen LogP contribution in [0.4, 0.5) is 5.69 Å². The summed E-state index contributed by atoms with van der Waals surface area (Å²) in [5, 5.41) is 6.97. The van der Waals surface area contributed by atoms with Crippen molar-refractivity contribution < 1.29 is 9.59 Å². The molecule has 6 heteroatoms. The lowest BCUT2D eigenvalue weighted by Crippen LogP contribution is -2.22. The summed E-state index contributed by atoms with van der Waals surface area (Å²) in [6.07, 6.45) is 0. The number of carbonyl (C=O) groups is 2. The van der Waals surface area contributed by atoms with E-state index in [1.807, 2.05) is 42.5 Å². The fourth-order valence-corrected chi connectivity index (χ4v) is 3.82. The van der Waals surface area contributed by atoms with Gasteiger partial charge in [0.25, 0.3) is 5.91 Å². The zero-order chi connectivity index (χ0) is 17.1. The molecule has 0 aliphatic carbocycles. The SMILES string of the molecule is CC(=O)Nc1cccc(CNC(=O)c2sc3ccccc3c2Cl)c1. The number of thiophene rings is 1. The van der Waals surface area contributed by atoms with Gasteiger partial charge in [0.05, 0.1) is 5.02 Å². The number of fused-ring (bicyclic) bond motifs is 1. The van der Waals surface area contributed by atoms with Gasteiger partial charge < -0.3 is 10.6 Å². The summed E-state index contributed by atoms with van der Waals surface area (Å²) in [5.41, 5.74) is 1.60. The molecule has 0 saturated heterocycles. The Balaban J connectivity index is 1.73. The maximum absolute atomic E-state index is 12.4. The Kier molecular flexibility index (Phi) is 4.83. The Hall–Kier alpha value is -2.37. The van der Waals surface area contributed by atoms with E-state index in [2.05, 4.69) is 10.6 Å². The Morgan fingerprint density at radius 2 is 1.92 bits per heavy atom. The van der Waals surface area contributed by atoms with Gasteiger partial charge in [-0.2, -0.15) is 0 Å². The van der Waals surface area contributed by atoms with E-state index in [9.17, 15) is 9.59 Å². The van der Waals surface area contributed by atoms with E-state index >= 15 is 0 Å². The van der Waals surface area contributed by atoms with E-state index in [0.717, 1.165) is 15.6 Å². The molecule has 2 amide bonds. The standard InChI is InChI=1S/C18H15ClN2O2S/c1-11(22)21-13-6-4-5-12(9-13)10-20-18(23)17-16(19)14-7-2-3-8-15(14)24-17/h2-9H,10H2,1H3,(H,20,23)(H,21,22). The van der Waals surface area contributed by atoms with Crippen LogP contribution in [0, 0.1) is 0 Å². The van der Waals surface area contributed by atoms with Crippen LogP contribution >= 0.6 is 22.9 Å². The third kappa shape index (κ3) is 3.58. The van der Waals surface area contributed by atoms with Crippen molar-refractivity contribution in [2.24, 2.45) is 0 Å². The number of carbonyl (C=O) groups excluding carboxylic acids is 2. The lowest BCUT2D eigenvalue weighted by molar-refractivity contribution is -0.114. The van der Waals surface area contributed by atoms with E-state index in [4.69, 9.17) is 11.6 Å². The lowest BCUT2D eigenvalue weighted by Gasteiger charge is -2.07. The second kappa shape index (κ2) is 7.03. The third-order valence-corrected chi connectivity index (χ3v) is 5.12. The van der Waals surface area contributed by atoms with Crippen molar-refractivity contribution in [2.75, 3.05) is 5.32 Å². The summed E-state index contributed by atoms with van der Waals surface area (Å²) in [7, 11) is 0. The molecular weight excluding hydrogens is 344 g/mol. The molecule has 1 aromatic heterocycles. The first-order valence-electron chi connectivity index (χ1n) is 7.36. The molecule has 2 aromatic carbocycles. The first-order chi connectivity index (χ1) is 11.5. The van der Waals surface area contributed by atoms with Gasteiger partial charge in [0, 0.05) is 29.2 Å². The lowest BCUT2D eigenvalue weighted by atomic mass is 10.2. The summed E-state index contributed by atoms with van der Waals surface area (Å²) in [5.74, 6) is -0.334. The maximum atomic E-state index is 12.4. The molecule has 0 bridgehead atoms. The van der Waals surface area contributed by atoms with Crippen LogP contribution < -0.4 is 10.6 Å². The molecule has 0 atom stereocenters. The highest BCUT2D eigenvalue weighted by molar-refractivity contribution is 7.21. The smallest absolute Gasteiger partial charge is 0.263 e. The third-order valence-electron chi connectivity index (χ3n) is 3.44. The van der Waals surface area contributed by atoms with Gasteiger partial charge >= 0.3 is 0 Å². The molecule has 0 spiro atoms. The zero-order valence-corrected chi connectivity index (χ0v) is 14.5. The molecule has 2 N–H and O–H groups in total. The number of benzene rings is 2. The topological polar surface area (TPSA) is 58.2 Å². The molecule has 0 saturated carbocycles. The number of anilines is 1. The van der Waals surface area contributed by atoms with Crippen LogP contribution in [0.25, 0.3) is 10.1 Å². The average Bonchev–Trinajstić information content (AvgIpc) is 2.90. The maximum Gasteiger partial charge on any atom is 0.263 e. The zero-order valence-electron chi connectivity index (χ0n) is 12.9. The molecule has 0 unspecified atom stereocenters. The molecule has 24 heavy (non-hydrogen) atoms. The van der Waals surface area contributed by atoms with Gasteiger partial charge in [0.1, 0.15) is 4.88 Å². The van der Waals surface area contributed by atoms with E-state index in [1.165, 1.54) is 18.3 Å². The minimum atomic E-state index is -0.203. The van der Waals surface area contributed by atoms with Gasteiger partial charge in [-0.25, -0.2) is 0 Å². The van der Waals surface area contributed by atoms with Crippen LogP contribution in [-0.2, 0) is 11.3 Å². The number of amides is 2. The first-order valence-corrected chi connectivity index (χ1v) is 8.56. The monoisotopic (exact) mass is 358 g/mol. The minimum Gasteiger partial charge on any atom is -0.347 e. The van der Waals surface area contributed by atoms with Gasteiger partial charge in [0.2, 0.25) is 5.91 Å². The van der Waals surface area contributed by atoms with E-state index in [0.29, 0.717) is 22.1 Å². The van der Waals surface area contributed by atoms with Crippen molar-refractivity contribution >= 4 is 50.5 Å². The fourth-order valence-electron chi connectivity index (χ4n) is 2.38. The summed E-state index contributed by atoms with van der Waals surface area (Å²) in [6.45, 7) is 1.81. The summed E-state index contributed by atoms with van der Waals surface area (Å²) >= 11 is 7.70. The van der Waals surface area contributed by atoms with Crippen molar-refractivity contribution in [1.82, 2.24) is 5.32 Å². The highest BCUT2D eigenvalue weighted by Crippen LogP contribution is 2.35. The second-order valence-electron chi connectivity index (χ2n) is 5.31. The highest BCUT2D eigenvalue weighted by Gasteiger charge is 2.16.